The van der Waals surface area contributed by atoms with Gasteiger partial charge < -0.3 is 24.3 Å². The number of nitrogens with zero attached hydrogens (tertiary/aromatic N) is 4. The summed E-state index contributed by atoms with van der Waals surface area (Å²) in [5.41, 5.74) is 1.90. The van der Waals surface area contributed by atoms with Crippen LogP contribution in [-0.4, -0.2) is 52.7 Å². The molecule has 1 aromatic heterocycles. The summed E-state index contributed by atoms with van der Waals surface area (Å²) in [5.74, 6) is 1.50. The Labute approximate surface area is 195 Å². The SMILES string of the molecule is Cn1c(COc2ccc(Cl)cc2)nnc1SCC(=O)Nc1ccc(N2CCOCC2)cc1. The zero-order chi connectivity index (χ0) is 22.3. The molecule has 0 atom stereocenters. The van der Waals surface area contributed by atoms with Gasteiger partial charge in [0.15, 0.2) is 11.0 Å². The number of rotatable bonds is 8. The van der Waals surface area contributed by atoms with Crippen LogP contribution in [0.2, 0.25) is 5.02 Å². The molecule has 2 aromatic carbocycles. The van der Waals surface area contributed by atoms with Gasteiger partial charge in [-0.05, 0) is 48.5 Å². The van der Waals surface area contributed by atoms with Crippen molar-refractivity contribution in [3.63, 3.8) is 0 Å². The van der Waals surface area contributed by atoms with Crippen LogP contribution in [0.4, 0.5) is 11.4 Å². The molecule has 1 saturated heterocycles. The van der Waals surface area contributed by atoms with Gasteiger partial charge >= 0.3 is 0 Å². The number of benzene rings is 2. The standard InChI is InChI=1S/C22H24ClN5O3S/c1-27-20(14-31-19-8-2-16(23)3-9-19)25-26-22(27)32-15-21(29)24-17-4-6-18(7-5-17)28-10-12-30-13-11-28/h2-9H,10-15H2,1H3,(H,24,29). The minimum atomic E-state index is -0.101. The maximum atomic E-state index is 12.4. The van der Waals surface area contributed by atoms with Crippen molar-refractivity contribution < 1.29 is 14.3 Å². The second kappa shape index (κ2) is 10.7. The summed E-state index contributed by atoms with van der Waals surface area (Å²) in [4.78, 5) is 14.6. The molecular weight excluding hydrogens is 450 g/mol. The molecule has 32 heavy (non-hydrogen) atoms. The number of carbonyl (C=O) groups is 1. The van der Waals surface area contributed by atoms with E-state index in [4.69, 9.17) is 21.1 Å². The van der Waals surface area contributed by atoms with Gasteiger partial charge in [0.05, 0.1) is 19.0 Å². The molecule has 0 aliphatic carbocycles. The smallest absolute Gasteiger partial charge is 0.234 e. The Morgan fingerprint density at radius 3 is 2.56 bits per heavy atom. The van der Waals surface area contributed by atoms with Crippen molar-refractivity contribution in [1.29, 1.82) is 0 Å². The topological polar surface area (TPSA) is 81.5 Å². The third kappa shape index (κ3) is 5.93. The molecule has 0 bridgehead atoms. The number of morpholine rings is 1. The van der Waals surface area contributed by atoms with Crippen molar-refractivity contribution in [3.8, 4) is 5.75 Å². The largest absolute Gasteiger partial charge is 0.486 e. The van der Waals surface area contributed by atoms with Crippen LogP contribution in [0.3, 0.4) is 0 Å². The Morgan fingerprint density at radius 1 is 1.12 bits per heavy atom. The minimum absolute atomic E-state index is 0.101. The molecule has 1 aliphatic heterocycles. The molecule has 1 aliphatic rings. The van der Waals surface area contributed by atoms with Gasteiger partial charge in [-0.3, -0.25) is 4.79 Å². The average molecular weight is 474 g/mol. The van der Waals surface area contributed by atoms with Crippen LogP contribution in [-0.2, 0) is 23.2 Å². The van der Waals surface area contributed by atoms with Gasteiger partial charge in [-0.1, -0.05) is 23.4 Å². The summed E-state index contributed by atoms with van der Waals surface area (Å²) in [5, 5.41) is 12.6. The van der Waals surface area contributed by atoms with Crippen molar-refractivity contribution in [2.75, 3.05) is 42.3 Å². The molecule has 0 unspecified atom stereocenters. The van der Waals surface area contributed by atoms with Gasteiger partial charge in [0.25, 0.3) is 0 Å². The van der Waals surface area contributed by atoms with Crippen LogP contribution in [0.15, 0.2) is 53.7 Å². The molecule has 2 heterocycles. The Bertz CT molecular complexity index is 1040. The molecule has 4 rings (SSSR count). The highest BCUT2D eigenvalue weighted by Crippen LogP contribution is 2.21. The van der Waals surface area contributed by atoms with E-state index in [1.54, 1.807) is 24.3 Å². The third-order valence-electron chi connectivity index (χ3n) is 4.97. The predicted molar refractivity (Wildman–Crippen MR) is 126 cm³/mol. The number of aromatic nitrogens is 3. The highest BCUT2D eigenvalue weighted by Gasteiger charge is 2.13. The fourth-order valence-electron chi connectivity index (χ4n) is 3.18. The van der Waals surface area contributed by atoms with E-state index in [9.17, 15) is 4.79 Å². The molecule has 0 saturated carbocycles. The number of halogens is 1. The van der Waals surface area contributed by atoms with Crippen LogP contribution in [0, 0.1) is 0 Å². The number of thioether (sulfide) groups is 1. The van der Waals surface area contributed by atoms with Gasteiger partial charge in [-0.15, -0.1) is 10.2 Å². The summed E-state index contributed by atoms with van der Waals surface area (Å²) in [6, 6.07) is 15.0. The third-order valence-corrected chi connectivity index (χ3v) is 6.24. The Kier molecular flexibility index (Phi) is 7.51. The van der Waals surface area contributed by atoms with Crippen molar-refractivity contribution in [2.24, 2.45) is 7.05 Å². The fourth-order valence-corrected chi connectivity index (χ4v) is 4.04. The lowest BCUT2D eigenvalue weighted by Gasteiger charge is -2.28. The highest BCUT2D eigenvalue weighted by molar-refractivity contribution is 7.99. The number of hydrogen-bond donors (Lipinski definition) is 1. The molecular formula is C22H24ClN5O3S. The van der Waals surface area contributed by atoms with E-state index >= 15 is 0 Å². The molecule has 168 valence electrons. The van der Waals surface area contributed by atoms with E-state index in [1.807, 2.05) is 35.9 Å². The number of nitrogens with one attached hydrogen (secondary N) is 1. The van der Waals surface area contributed by atoms with Crippen LogP contribution in [0.25, 0.3) is 0 Å². The molecule has 1 amide bonds. The summed E-state index contributed by atoms with van der Waals surface area (Å²) < 4.78 is 12.9. The zero-order valence-electron chi connectivity index (χ0n) is 17.7. The first-order valence-corrected chi connectivity index (χ1v) is 11.6. The van der Waals surface area contributed by atoms with Gasteiger partial charge in [0, 0.05) is 36.5 Å². The second-order valence-electron chi connectivity index (χ2n) is 7.18. The number of amides is 1. The monoisotopic (exact) mass is 473 g/mol. The Morgan fingerprint density at radius 2 is 1.84 bits per heavy atom. The fraction of sp³-hybridized carbons (Fsp3) is 0.318. The average Bonchev–Trinajstić information content (AvgIpc) is 3.17. The van der Waals surface area contributed by atoms with Crippen LogP contribution in [0.5, 0.6) is 5.75 Å². The minimum Gasteiger partial charge on any atom is -0.486 e. The normalized spacial score (nSPS) is 13.8. The summed E-state index contributed by atoms with van der Waals surface area (Å²) in [6.45, 7) is 3.52. The van der Waals surface area contributed by atoms with Crippen LogP contribution >= 0.6 is 23.4 Å². The molecule has 1 fully saturated rings. The maximum absolute atomic E-state index is 12.4. The van der Waals surface area contributed by atoms with Crippen molar-refractivity contribution in [2.45, 2.75) is 11.8 Å². The van der Waals surface area contributed by atoms with E-state index in [-0.39, 0.29) is 18.3 Å². The molecule has 10 heteroatoms. The van der Waals surface area contributed by atoms with E-state index in [1.165, 1.54) is 11.8 Å². The quantitative estimate of drug-likeness (QED) is 0.500. The number of ether oxygens (including phenoxy) is 2. The number of hydrogen-bond acceptors (Lipinski definition) is 7. The lowest BCUT2D eigenvalue weighted by atomic mass is 10.2. The van der Waals surface area contributed by atoms with Crippen molar-refractivity contribution >= 4 is 40.6 Å². The van der Waals surface area contributed by atoms with E-state index in [2.05, 4.69) is 20.4 Å². The zero-order valence-corrected chi connectivity index (χ0v) is 19.2. The maximum Gasteiger partial charge on any atom is 0.234 e. The van der Waals surface area contributed by atoms with Crippen LogP contribution < -0.4 is 15.0 Å². The first-order chi connectivity index (χ1) is 15.6. The molecule has 3 aromatic rings. The Balaban J connectivity index is 1.25. The number of carbonyl (C=O) groups excluding carboxylic acids is 1. The first-order valence-electron chi connectivity index (χ1n) is 10.2. The van der Waals surface area contributed by atoms with Crippen molar-refractivity contribution in [1.82, 2.24) is 14.8 Å². The lowest BCUT2D eigenvalue weighted by molar-refractivity contribution is -0.113. The molecule has 0 spiro atoms. The summed E-state index contributed by atoms with van der Waals surface area (Å²) in [7, 11) is 1.85. The van der Waals surface area contributed by atoms with E-state index < -0.39 is 0 Å². The van der Waals surface area contributed by atoms with Crippen molar-refractivity contribution in [3.05, 3.63) is 59.4 Å². The summed E-state index contributed by atoms with van der Waals surface area (Å²) in [6.07, 6.45) is 0. The van der Waals surface area contributed by atoms with Gasteiger partial charge in [-0.2, -0.15) is 0 Å². The molecule has 0 radical (unpaired) electrons. The lowest BCUT2D eigenvalue weighted by Crippen LogP contribution is -2.36. The van der Waals surface area contributed by atoms with Crippen LogP contribution in [0.1, 0.15) is 5.82 Å². The van der Waals surface area contributed by atoms with E-state index in [0.29, 0.717) is 21.8 Å². The molecule has 8 nitrogen and oxygen atoms in total. The number of anilines is 2. The molecule has 1 N–H and O–H groups in total. The van der Waals surface area contributed by atoms with Gasteiger partial charge in [-0.25, -0.2) is 0 Å². The summed E-state index contributed by atoms with van der Waals surface area (Å²) >= 11 is 7.21. The first kappa shape index (κ1) is 22.4. The van der Waals surface area contributed by atoms with Gasteiger partial charge in [0.1, 0.15) is 12.4 Å². The van der Waals surface area contributed by atoms with Gasteiger partial charge in [0.2, 0.25) is 5.91 Å². The van der Waals surface area contributed by atoms with E-state index in [0.717, 1.165) is 37.7 Å². The Hall–Kier alpha value is -2.75. The predicted octanol–water partition coefficient (Wildman–Crippen LogP) is 3.61. The second-order valence-corrected chi connectivity index (χ2v) is 8.56. The highest BCUT2D eigenvalue weighted by atomic mass is 35.5.